The second-order valence-corrected chi connectivity index (χ2v) is 7.72. The second-order valence-electron chi connectivity index (χ2n) is 7.72. The Labute approximate surface area is 165 Å². The lowest BCUT2D eigenvalue weighted by molar-refractivity contribution is -0.139. The van der Waals surface area contributed by atoms with Crippen molar-refractivity contribution >= 4 is 17.8 Å². The zero-order valence-electron chi connectivity index (χ0n) is 16.3. The van der Waals surface area contributed by atoms with Gasteiger partial charge in [0.2, 0.25) is 5.78 Å². The van der Waals surface area contributed by atoms with Gasteiger partial charge in [0.1, 0.15) is 11.5 Å². The van der Waals surface area contributed by atoms with Gasteiger partial charge >= 0.3 is 5.97 Å². The number of ketones is 1. The molecular formula is C24H24O4. The van der Waals surface area contributed by atoms with Crippen molar-refractivity contribution in [1.82, 2.24) is 0 Å². The first-order valence-corrected chi connectivity index (χ1v) is 9.88. The Hall–Kier alpha value is -2.88. The van der Waals surface area contributed by atoms with Crippen molar-refractivity contribution in [3.05, 3.63) is 64.4 Å². The summed E-state index contributed by atoms with van der Waals surface area (Å²) >= 11 is 0. The van der Waals surface area contributed by atoms with Gasteiger partial charge in [-0.2, -0.15) is 0 Å². The maximum absolute atomic E-state index is 12.8. The van der Waals surface area contributed by atoms with Crippen LogP contribution in [0.2, 0.25) is 0 Å². The van der Waals surface area contributed by atoms with Crippen LogP contribution < -0.4 is 9.47 Å². The molecule has 2 aromatic carbocycles. The highest BCUT2D eigenvalue weighted by molar-refractivity contribution is 6.15. The summed E-state index contributed by atoms with van der Waals surface area (Å²) in [6.45, 7) is 3.85. The number of rotatable bonds is 3. The number of aryl methyl sites for hydroxylation is 2. The number of carbonyl (C=O) groups is 2. The van der Waals surface area contributed by atoms with Crippen LogP contribution in [-0.2, 0) is 4.79 Å². The molecular weight excluding hydrogens is 352 g/mol. The number of carbonyl (C=O) groups excluding carboxylic acids is 2. The highest BCUT2D eigenvalue weighted by Crippen LogP contribution is 2.38. The highest BCUT2D eigenvalue weighted by Gasteiger charge is 2.31. The molecule has 1 heterocycles. The Morgan fingerprint density at radius 2 is 1.89 bits per heavy atom. The van der Waals surface area contributed by atoms with Crippen LogP contribution in [0.1, 0.15) is 59.2 Å². The van der Waals surface area contributed by atoms with E-state index in [-0.39, 0.29) is 17.7 Å². The molecule has 2 aliphatic rings. The molecule has 0 aromatic heterocycles. The molecule has 0 atom stereocenters. The van der Waals surface area contributed by atoms with E-state index >= 15 is 0 Å². The smallest absolute Gasteiger partial charge is 0.314 e. The average Bonchev–Trinajstić information content (AvgIpc) is 2.98. The van der Waals surface area contributed by atoms with Crippen LogP contribution in [0, 0.1) is 19.8 Å². The van der Waals surface area contributed by atoms with E-state index in [1.165, 1.54) is 6.42 Å². The van der Waals surface area contributed by atoms with Gasteiger partial charge in [0.05, 0.1) is 11.5 Å². The van der Waals surface area contributed by atoms with Gasteiger partial charge in [-0.1, -0.05) is 49.1 Å². The number of fused-ring (bicyclic) bond motifs is 1. The number of Topliss-reactive ketones (excluding diaryl/α,β-unsaturated/α-hetero) is 1. The van der Waals surface area contributed by atoms with Crippen molar-refractivity contribution in [3.63, 3.8) is 0 Å². The van der Waals surface area contributed by atoms with Gasteiger partial charge < -0.3 is 9.47 Å². The Morgan fingerprint density at radius 1 is 1.11 bits per heavy atom. The summed E-state index contributed by atoms with van der Waals surface area (Å²) in [5.41, 5.74) is 3.32. The molecule has 0 bridgehead atoms. The lowest BCUT2D eigenvalue weighted by Crippen LogP contribution is -2.22. The van der Waals surface area contributed by atoms with Crippen LogP contribution in [0.5, 0.6) is 11.5 Å². The van der Waals surface area contributed by atoms with Gasteiger partial charge in [-0.25, -0.2) is 0 Å². The van der Waals surface area contributed by atoms with E-state index in [9.17, 15) is 9.59 Å². The van der Waals surface area contributed by atoms with E-state index in [2.05, 4.69) is 0 Å². The fraction of sp³-hybridized carbons (Fsp3) is 0.333. The summed E-state index contributed by atoms with van der Waals surface area (Å²) in [7, 11) is 0. The van der Waals surface area contributed by atoms with E-state index < -0.39 is 0 Å². The normalized spacial score (nSPS) is 18.1. The Bertz CT molecular complexity index is 965. The zero-order chi connectivity index (χ0) is 19.7. The van der Waals surface area contributed by atoms with Crippen molar-refractivity contribution in [1.29, 1.82) is 0 Å². The van der Waals surface area contributed by atoms with E-state index in [1.807, 2.05) is 38.1 Å². The molecule has 1 saturated carbocycles. The molecule has 28 heavy (non-hydrogen) atoms. The molecule has 144 valence electrons. The van der Waals surface area contributed by atoms with Crippen LogP contribution in [0.4, 0.5) is 0 Å². The second kappa shape index (κ2) is 7.63. The monoisotopic (exact) mass is 376 g/mol. The first-order valence-electron chi connectivity index (χ1n) is 9.88. The van der Waals surface area contributed by atoms with Gasteiger partial charge in [0.25, 0.3) is 0 Å². The van der Waals surface area contributed by atoms with Crippen LogP contribution in [-0.4, -0.2) is 11.8 Å². The molecule has 0 amide bonds. The van der Waals surface area contributed by atoms with Crippen LogP contribution in [0.25, 0.3) is 6.08 Å². The average molecular weight is 376 g/mol. The zero-order valence-corrected chi connectivity index (χ0v) is 16.3. The first kappa shape index (κ1) is 18.5. The molecule has 1 aliphatic carbocycles. The molecule has 4 heteroatoms. The molecule has 2 aromatic rings. The predicted octanol–water partition coefficient (Wildman–Crippen LogP) is 5.41. The highest BCUT2D eigenvalue weighted by atomic mass is 16.5. The quantitative estimate of drug-likeness (QED) is 0.409. The molecule has 0 spiro atoms. The van der Waals surface area contributed by atoms with E-state index in [0.29, 0.717) is 22.8 Å². The Morgan fingerprint density at radius 3 is 2.64 bits per heavy atom. The maximum Gasteiger partial charge on any atom is 0.314 e. The standard InChI is InChI=1S/C24H24O4/c1-15-7-6-8-17(11-15)13-21-23(25)22-16(2)12-19(14-20(22)28-21)27-24(26)18-9-4-3-5-10-18/h6-8,11-14,18H,3-5,9-10H2,1-2H3/b21-13-. The third-order valence-corrected chi connectivity index (χ3v) is 5.44. The third-order valence-electron chi connectivity index (χ3n) is 5.44. The topological polar surface area (TPSA) is 52.6 Å². The molecule has 1 aliphatic heterocycles. The fourth-order valence-electron chi connectivity index (χ4n) is 3.99. The summed E-state index contributed by atoms with van der Waals surface area (Å²) < 4.78 is 11.4. The van der Waals surface area contributed by atoms with Crippen LogP contribution in [0.15, 0.2) is 42.2 Å². The van der Waals surface area contributed by atoms with Gasteiger partial charge in [0.15, 0.2) is 5.76 Å². The minimum absolute atomic E-state index is 0.0263. The minimum Gasteiger partial charge on any atom is -0.452 e. The summed E-state index contributed by atoms with van der Waals surface area (Å²) in [5, 5.41) is 0. The number of hydrogen-bond acceptors (Lipinski definition) is 4. The summed E-state index contributed by atoms with van der Waals surface area (Å²) in [6, 6.07) is 11.3. The van der Waals surface area contributed by atoms with Crippen LogP contribution in [0.3, 0.4) is 0 Å². The minimum atomic E-state index is -0.182. The van der Waals surface area contributed by atoms with Crippen molar-refractivity contribution in [2.24, 2.45) is 5.92 Å². The predicted molar refractivity (Wildman–Crippen MR) is 108 cm³/mol. The largest absolute Gasteiger partial charge is 0.452 e. The lowest BCUT2D eigenvalue weighted by Gasteiger charge is -2.20. The van der Waals surface area contributed by atoms with Crippen molar-refractivity contribution < 1.29 is 19.1 Å². The third kappa shape index (κ3) is 3.72. The van der Waals surface area contributed by atoms with E-state index in [0.717, 1.165) is 42.4 Å². The van der Waals surface area contributed by atoms with Gasteiger partial charge in [-0.3, -0.25) is 9.59 Å². The maximum atomic E-state index is 12.8. The SMILES string of the molecule is Cc1cccc(/C=C2\Oc3cc(OC(=O)C4CCCCC4)cc(C)c3C2=O)c1. The van der Waals surface area contributed by atoms with Gasteiger partial charge in [-0.05, 0) is 50.0 Å². The number of allylic oxidation sites excluding steroid dienone is 1. The molecule has 0 saturated heterocycles. The molecule has 1 fully saturated rings. The fourth-order valence-corrected chi connectivity index (χ4v) is 3.99. The van der Waals surface area contributed by atoms with E-state index in [4.69, 9.17) is 9.47 Å². The number of benzene rings is 2. The molecule has 4 rings (SSSR count). The number of ether oxygens (including phenoxy) is 2. The van der Waals surface area contributed by atoms with Crippen molar-refractivity contribution in [2.45, 2.75) is 46.0 Å². The summed E-state index contributed by atoms with van der Waals surface area (Å²) in [4.78, 5) is 25.2. The lowest BCUT2D eigenvalue weighted by atomic mass is 9.89. The van der Waals surface area contributed by atoms with Gasteiger partial charge in [-0.15, -0.1) is 0 Å². The molecule has 0 radical (unpaired) electrons. The molecule has 4 nitrogen and oxygen atoms in total. The first-order chi connectivity index (χ1) is 13.5. The molecule has 0 N–H and O–H groups in total. The van der Waals surface area contributed by atoms with Crippen LogP contribution >= 0.6 is 0 Å². The number of esters is 1. The van der Waals surface area contributed by atoms with Crippen molar-refractivity contribution in [3.8, 4) is 11.5 Å². The molecule has 0 unspecified atom stereocenters. The Kier molecular flexibility index (Phi) is 5.03. The Balaban J connectivity index is 1.57. The summed E-state index contributed by atoms with van der Waals surface area (Å²) in [5.74, 6) is 0.839. The van der Waals surface area contributed by atoms with Gasteiger partial charge in [0, 0.05) is 6.07 Å². The van der Waals surface area contributed by atoms with E-state index in [1.54, 1.807) is 18.2 Å². The summed E-state index contributed by atoms with van der Waals surface area (Å²) in [6.07, 6.45) is 6.87. The number of hydrogen-bond donors (Lipinski definition) is 0. The van der Waals surface area contributed by atoms with Crippen molar-refractivity contribution in [2.75, 3.05) is 0 Å².